The van der Waals surface area contributed by atoms with Crippen molar-refractivity contribution in [2.24, 2.45) is 5.10 Å². The van der Waals surface area contributed by atoms with Crippen LogP contribution in [-0.4, -0.2) is 48.4 Å². The number of hydrazone groups is 1. The van der Waals surface area contributed by atoms with Crippen LogP contribution in [0.5, 0.6) is 0 Å². The minimum absolute atomic E-state index is 0.191. The molecule has 150 valence electrons. The standard InChI is InChI=1S/C19H19N5O3S2/c20-11-14-12-21-19(28-14)22-18(25)17(23-24-9-1-2-10-24)13-3-5-15(6-4-13)29(26,27)16-7-8-16/h3-6,12,16H,1-2,7-10H2,(H,21,22,25). The molecule has 1 amide bonds. The van der Waals surface area contributed by atoms with Crippen LogP contribution in [0.3, 0.4) is 0 Å². The summed E-state index contributed by atoms with van der Waals surface area (Å²) in [6, 6.07) is 8.29. The van der Waals surface area contributed by atoms with Crippen molar-refractivity contribution in [2.75, 3.05) is 18.4 Å². The van der Waals surface area contributed by atoms with Gasteiger partial charge in [0, 0.05) is 18.7 Å². The molecule has 8 nitrogen and oxygen atoms in total. The second kappa shape index (κ2) is 7.93. The minimum Gasteiger partial charge on any atom is -0.296 e. The highest BCUT2D eigenvalue weighted by molar-refractivity contribution is 7.92. The summed E-state index contributed by atoms with van der Waals surface area (Å²) in [5.41, 5.74) is 0.720. The van der Waals surface area contributed by atoms with E-state index in [0.717, 1.165) is 37.3 Å². The lowest BCUT2D eigenvalue weighted by Gasteiger charge is -2.14. The Hall–Kier alpha value is -2.77. The van der Waals surface area contributed by atoms with Crippen molar-refractivity contribution >= 4 is 37.9 Å². The van der Waals surface area contributed by atoms with Gasteiger partial charge in [-0.2, -0.15) is 10.4 Å². The molecule has 29 heavy (non-hydrogen) atoms. The van der Waals surface area contributed by atoms with E-state index in [0.29, 0.717) is 28.4 Å². The van der Waals surface area contributed by atoms with E-state index in [1.165, 1.54) is 18.3 Å². The van der Waals surface area contributed by atoms with Gasteiger partial charge in [-0.15, -0.1) is 0 Å². The third-order valence-corrected chi connectivity index (χ3v) is 7.89. The first-order chi connectivity index (χ1) is 14.0. The van der Waals surface area contributed by atoms with Gasteiger partial charge in [0.1, 0.15) is 10.9 Å². The zero-order valence-electron chi connectivity index (χ0n) is 15.5. The number of sulfone groups is 1. The van der Waals surface area contributed by atoms with Crippen LogP contribution < -0.4 is 5.32 Å². The predicted octanol–water partition coefficient (Wildman–Crippen LogP) is 2.39. The molecule has 1 aromatic heterocycles. The topological polar surface area (TPSA) is 116 Å². The fourth-order valence-corrected chi connectivity index (χ4v) is 5.35. The monoisotopic (exact) mass is 429 g/mol. The Morgan fingerprint density at radius 2 is 1.93 bits per heavy atom. The van der Waals surface area contributed by atoms with E-state index in [1.807, 2.05) is 11.1 Å². The molecular weight excluding hydrogens is 410 g/mol. The van der Waals surface area contributed by atoms with E-state index < -0.39 is 15.7 Å². The smallest absolute Gasteiger partial charge is 0.278 e. The lowest BCUT2D eigenvalue weighted by molar-refractivity contribution is -0.110. The highest BCUT2D eigenvalue weighted by atomic mass is 32.2. The Bertz CT molecular complexity index is 1090. The van der Waals surface area contributed by atoms with E-state index in [-0.39, 0.29) is 15.9 Å². The number of nitriles is 1. The molecule has 1 N–H and O–H groups in total. The normalized spacial score (nSPS) is 17.2. The summed E-state index contributed by atoms with van der Waals surface area (Å²) in [5, 5.41) is 18.0. The second-order valence-corrected chi connectivity index (χ2v) is 10.2. The van der Waals surface area contributed by atoms with Gasteiger partial charge in [-0.3, -0.25) is 15.1 Å². The summed E-state index contributed by atoms with van der Waals surface area (Å²) in [4.78, 5) is 17.6. The summed E-state index contributed by atoms with van der Waals surface area (Å²) in [6.45, 7) is 1.53. The molecule has 10 heteroatoms. The fraction of sp³-hybridized carbons (Fsp3) is 0.368. The van der Waals surface area contributed by atoms with Crippen LogP contribution in [-0.2, 0) is 14.6 Å². The third kappa shape index (κ3) is 4.31. The van der Waals surface area contributed by atoms with Gasteiger partial charge in [0.15, 0.2) is 20.7 Å². The lowest BCUT2D eigenvalue weighted by atomic mass is 10.1. The molecule has 4 rings (SSSR count). The Labute approximate surface area is 172 Å². The number of rotatable bonds is 6. The first-order valence-corrected chi connectivity index (χ1v) is 11.7. The van der Waals surface area contributed by atoms with Crippen LogP contribution >= 0.6 is 11.3 Å². The van der Waals surface area contributed by atoms with Gasteiger partial charge in [0.25, 0.3) is 5.91 Å². The largest absolute Gasteiger partial charge is 0.296 e. The SMILES string of the molecule is N#Cc1cnc(NC(=O)C(=NN2CCCC2)c2ccc(S(=O)(=O)C3CC3)cc2)s1. The van der Waals surface area contributed by atoms with Crippen molar-refractivity contribution < 1.29 is 13.2 Å². The number of aromatic nitrogens is 1. The second-order valence-electron chi connectivity index (χ2n) is 6.97. The van der Waals surface area contributed by atoms with Crippen LogP contribution in [0.2, 0.25) is 0 Å². The molecule has 2 aromatic rings. The van der Waals surface area contributed by atoms with Crippen molar-refractivity contribution in [1.29, 1.82) is 5.26 Å². The summed E-state index contributed by atoms with van der Waals surface area (Å²) < 4.78 is 24.8. The van der Waals surface area contributed by atoms with Crippen LogP contribution in [0.25, 0.3) is 0 Å². The summed E-state index contributed by atoms with van der Waals surface area (Å²) in [6.07, 6.45) is 4.82. The molecule has 0 unspecified atom stereocenters. The third-order valence-electron chi connectivity index (χ3n) is 4.79. The molecule has 2 fully saturated rings. The van der Waals surface area contributed by atoms with E-state index in [9.17, 15) is 13.2 Å². The average Bonchev–Trinajstić information content (AvgIpc) is 3.29. The number of carbonyl (C=O) groups is 1. The van der Waals surface area contributed by atoms with Crippen LogP contribution in [0.15, 0.2) is 40.5 Å². The van der Waals surface area contributed by atoms with Gasteiger partial charge in [0.2, 0.25) is 0 Å². The van der Waals surface area contributed by atoms with E-state index in [2.05, 4.69) is 15.4 Å². The van der Waals surface area contributed by atoms with Gasteiger partial charge in [-0.1, -0.05) is 23.5 Å². The summed E-state index contributed by atoms with van der Waals surface area (Å²) in [7, 11) is -3.29. The van der Waals surface area contributed by atoms with Gasteiger partial charge >= 0.3 is 0 Å². The van der Waals surface area contributed by atoms with E-state index in [4.69, 9.17) is 5.26 Å². The Kier molecular flexibility index (Phi) is 5.34. The highest BCUT2D eigenvalue weighted by Gasteiger charge is 2.36. The molecule has 1 saturated heterocycles. The Morgan fingerprint density at radius 3 is 2.52 bits per heavy atom. The highest BCUT2D eigenvalue weighted by Crippen LogP contribution is 2.33. The number of amides is 1. The zero-order chi connectivity index (χ0) is 20.4. The van der Waals surface area contributed by atoms with Crippen molar-refractivity contribution in [2.45, 2.75) is 35.8 Å². The van der Waals surface area contributed by atoms with Gasteiger partial charge in [-0.05, 0) is 37.8 Å². The van der Waals surface area contributed by atoms with E-state index in [1.54, 1.807) is 12.1 Å². The molecule has 1 saturated carbocycles. The molecule has 0 spiro atoms. The summed E-state index contributed by atoms with van der Waals surface area (Å²) >= 11 is 1.08. The number of hydrogen-bond acceptors (Lipinski definition) is 8. The van der Waals surface area contributed by atoms with Crippen molar-refractivity contribution in [3.8, 4) is 6.07 Å². The molecule has 0 radical (unpaired) electrons. The maximum Gasteiger partial charge on any atom is 0.278 e. The maximum absolute atomic E-state index is 12.9. The zero-order valence-corrected chi connectivity index (χ0v) is 17.2. The van der Waals surface area contributed by atoms with Crippen molar-refractivity contribution in [1.82, 2.24) is 9.99 Å². The molecule has 2 aliphatic rings. The summed E-state index contributed by atoms with van der Waals surface area (Å²) in [5.74, 6) is -0.450. The molecule has 1 aromatic carbocycles. The van der Waals surface area contributed by atoms with Crippen LogP contribution in [0.1, 0.15) is 36.1 Å². The molecule has 0 bridgehead atoms. The Balaban J connectivity index is 1.61. The van der Waals surface area contributed by atoms with Crippen molar-refractivity contribution in [3.63, 3.8) is 0 Å². The lowest BCUT2D eigenvalue weighted by Crippen LogP contribution is -2.27. The number of benzene rings is 1. The fourth-order valence-electron chi connectivity index (χ4n) is 3.09. The maximum atomic E-state index is 12.9. The molecule has 1 aliphatic carbocycles. The Morgan fingerprint density at radius 1 is 1.24 bits per heavy atom. The first kappa shape index (κ1) is 19.5. The van der Waals surface area contributed by atoms with Crippen LogP contribution in [0, 0.1) is 11.3 Å². The number of anilines is 1. The first-order valence-electron chi connectivity index (χ1n) is 9.32. The number of nitrogens with zero attached hydrogens (tertiary/aromatic N) is 4. The molecule has 1 aliphatic heterocycles. The number of thiazole rings is 1. The number of carbonyl (C=O) groups excluding carboxylic acids is 1. The quantitative estimate of drug-likeness (QED) is 0.705. The van der Waals surface area contributed by atoms with Gasteiger partial charge in [-0.25, -0.2) is 13.4 Å². The molecular formula is C19H19N5O3S2. The minimum atomic E-state index is -3.29. The number of nitrogens with one attached hydrogen (secondary N) is 1. The van der Waals surface area contributed by atoms with Crippen LogP contribution in [0.4, 0.5) is 5.13 Å². The van der Waals surface area contributed by atoms with Crippen molar-refractivity contribution in [3.05, 3.63) is 40.9 Å². The molecule has 0 atom stereocenters. The predicted molar refractivity (Wildman–Crippen MR) is 109 cm³/mol. The molecule has 2 heterocycles. The van der Waals surface area contributed by atoms with E-state index >= 15 is 0 Å². The number of hydrogen-bond donors (Lipinski definition) is 1. The van der Waals surface area contributed by atoms with Gasteiger partial charge < -0.3 is 0 Å². The van der Waals surface area contributed by atoms with Gasteiger partial charge in [0.05, 0.1) is 16.3 Å². The average molecular weight is 430 g/mol.